The average Bonchev–Trinajstić information content (AvgIpc) is 3.07. The van der Waals surface area contributed by atoms with E-state index in [9.17, 15) is 20.3 Å². The molecule has 1 atom stereocenters. The molecule has 0 bridgehead atoms. The summed E-state index contributed by atoms with van der Waals surface area (Å²) in [6.45, 7) is 4.03. The van der Waals surface area contributed by atoms with Gasteiger partial charge in [-0.3, -0.25) is 10.1 Å². The Morgan fingerprint density at radius 2 is 1.54 bits per heavy atom. The zero-order chi connectivity index (χ0) is 26.2. The Hall–Kier alpha value is -4.42. The highest BCUT2D eigenvalue weighted by Crippen LogP contribution is 2.52. The number of phenolic OH excluding ortho intramolecular Hbond substituents is 1. The van der Waals surface area contributed by atoms with E-state index in [1.165, 1.54) is 18.2 Å². The minimum absolute atomic E-state index is 0.0596. The van der Waals surface area contributed by atoms with Crippen molar-refractivity contribution in [3.63, 3.8) is 0 Å². The first-order valence-electron chi connectivity index (χ1n) is 12.1. The molecular weight excluding hydrogens is 464 g/mol. The van der Waals surface area contributed by atoms with Gasteiger partial charge in [-0.25, -0.2) is 0 Å². The van der Waals surface area contributed by atoms with Crippen molar-refractivity contribution in [3.05, 3.63) is 130 Å². The fraction of sp³-hybridized carbons (Fsp3) is 0.161. The molecule has 0 saturated heterocycles. The second kappa shape index (κ2) is 9.22. The number of fused-ring (bicyclic) bond motifs is 1. The van der Waals surface area contributed by atoms with Gasteiger partial charge in [-0.15, -0.1) is 0 Å². The SMILES string of the molecule is CC1(C)c2ccccc2N(Cc2cc([N+](=O)[O-])ccc2O)C1(O)/C=C/c1ccc(-c2ccccc2)cc1. The standard InChI is InChI=1S/C31H28N2O4/c1-30(2)27-10-6-7-11-28(27)32(21-25-20-26(33(36)37)16-17-29(25)34)31(30,35)19-18-22-12-14-24(15-13-22)23-8-4-3-5-9-23/h3-20,34-35H,21H2,1-2H3/b19-18+. The topological polar surface area (TPSA) is 86.8 Å². The summed E-state index contributed by atoms with van der Waals surface area (Å²) >= 11 is 0. The fourth-order valence-electron chi connectivity index (χ4n) is 5.07. The number of anilines is 1. The van der Waals surface area contributed by atoms with Gasteiger partial charge in [0.15, 0.2) is 5.72 Å². The van der Waals surface area contributed by atoms with E-state index in [0.29, 0.717) is 5.56 Å². The van der Waals surface area contributed by atoms with E-state index in [1.54, 1.807) is 11.0 Å². The predicted molar refractivity (Wildman–Crippen MR) is 146 cm³/mol. The van der Waals surface area contributed by atoms with Gasteiger partial charge in [0.25, 0.3) is 5.69 Å². The number of nitro groups is 1. The molecule has 1 aliphatic rings. The lowest BCUT2D eigenvalue weighted by molar-refractivity contribution is -0.384. The average molecular weight is 493 g/mol. The second-order valence-corrected chi connectivity index (χ2v) is 9.85. The highest BCUT2D eigenvalue weighted by atomic mass is 16.6. The molecule has 186 valence electrons. The third-order valence-electron chi connectivity index (χ3n) is 7.33. The third-order valence-corrected chi connectivity index (χ3v) is 7.33. The molecule has 0 saturated carbocycles. The number of hydrogen-bond acceptors (Lipinski definition) is 5. The van der Waals surface area contributed by atoms with E-state index in [4.69, 9.17) is 0 Å². The Kier molecular flexibility index (Phi) is 6.05. The molecule has 0 radical (unpaired) electrons. The van der Waals surface area contributed by atoms with Crippen LogP contribution in [0.2, 0.25) is 0 Å². The molecule has 0 aliphatic carbocycles. The minimum Gasteiger partial charge on any atom is -0.508 e. The van der Waals surface area contributed by atoms with E-state index in [0.717, 1.165) is 27.9 Å². The van der Waals surface area contributed by atoms with Crippen molar-refractivity contribution in [2.75, 3.05) is 4.90 Å². The summed E-state index contributed by atoms with van der Waals surface area (Å²) < 4.78 is 0. The molecule has 1 unspecified atom stereocenters. The van der Waals surface area contributed by atoms with Gasteiger partial charge in [0.1, 0.15) is 5.75 Å². The number of benzene rings is 4. The number of phenols is 1. The number of aromatic hydroxyl groups is 1. The van der Waals surface area contributed by atoms with Gasteiger partial charge in [-0.2, -0.15) is 0 Å². The van der Waals surface area contributed by atoms with Crippen molar-refractivity contribution in [1.82, 2.24) is 0 Å². The van der Waals surface area contributed by atoms with Crippen molar-refractivity contribution >= 4 is 17.5 Å². The van der Waals surface area contributed by atoms with Crippen LogP contribution in [0, 0.1) is 10.1 Å². The summed E-state index contributed by atoms with van der Waals surface area (Å²) in [4.78, 5) is 12.7. The molecule has 0 fully saturated rings. The Morgan fingerprint density at radius 3 is 2.24 bits per heavy atom. The quantitative estimate of drug-likeness (QED) is 0.232. The zero-order valence-corrected chi connectivity index (χ0v) is 20.7. The molecule has 4 aromatic rings. The third kappa shape index (κ3) is 4.26. The molecule has 4 aromatic carbocycles. The summed E-state index contributed by atoms with van der Waals surface area (Å²) in [5.74, 6) is -0.0596. The number of nitrogens with zero attached hydrogens (tertiary/aromatic N) is 2. The van der Waals surface area contributed by atoms with Gasteiger partial charge in [0.05, 0.1) is 4.92 Å². The summed E-state index contributed by atoms with van der Waals surface area (Å²) in [6.07, 6.45) is 3.67. The highest BCUT2D eigenvalue weighted by molar-refractivity contribution is 5.70. The molecule has 0 amide bonds. The van der Waals surface area contributed by atoms with Gasteiger partial charge >= 0.3 is 0 Å². The lowest BCUT2D eigenvalue weighted by Gasteiger charge is -2.41. The van der Waals surface area contributed by atoms with Gasteiger partial charge in [0, 0.05) is 35.3 Å². The first kappa shape index (κ1) is 24.3. The summed E-state index contributed by atoms with van der Waals surface area (Å²) in [5, 5.41) is 34.1. The van der Waals surface area contributed by atoms with Crippen LogP contribution in [-0.2, 0) is 12.0 Å². The normalized spacial score (nSPS) is 18.2. The van der Waals surface area contributed by atoms with Crippen LogP contribution in [0.5, 0.6) is 5.75 Å². The van der Waals surface area contributed by atoms with Crippen molar-refractivity contribution in [2.24, 2.45) is 0 Å². The molecule has 6 nitrogen and oxygen atoms in total. The van der Waals surface area contributed by atoms with E-state index < -0.39 is 16.1 Å². The fourth-order valence-corrected chi connectivity index (χ4v) is 5.07. The second-order valence-electron chi connectivity index (χ2n) is 9.85. The smallest absolute Gasteiger partial charge is 0.270 e. The Labute approximate surface area is 215 Å². The van der Waals surface area contributed by atoms with Gasteiger partial charge in [-0.1, -0.05) is 92.7 Å². The van der Waals surface area contributed by atoms with Crippen LogP contribution in [0.15, 0.2) is 103 Å². The molecule has 1 aliphatic heterocycles. The Morgan fingerprint density at radius 1 is 0.892 bits per heavy atom. The van der Waals surface area contributed by atoms with E-state index in [1.807, 2.05) is 86.7 Å². The Bertz CT molecular complexity index is 1480. The number of aliphatic hydroxyl groups is 1. The largest absolute Gasteiger partial charge is 0.508 e. The number of nitro benzene ring substituents is 1. The maximum absolute atomic E-state index is 12.2. The Balaban J connectivity index is 1.53. The highest BCUT2D eigenvalue weighted by Gasteiger charge is 2.54. The summed E-state index contributed by atoms with van der Waals surface area (Å²) in [7, 11) is 0. The minimum atomic E-state index is -1.47. The molecule has 5 rings (SSSR count). The van der Waals surface area contributed by atoms with Crippen molar-refractivity contribution < 1.29 is 15.1 Å². The van der Waals surface area contributed by atoms with Crippen LogP contribution in [-0.4, -0.2) is 20.9 Å². The van der Waals surface area contributed by atoms with Crippen LogP contribution in [0.3, 0.4) is 0 Å². The first-order valence-corrected chi connectivity index (χ1v) is 12.1. The molecule has 0 spiro atoms. The number of hydrogen-bond donors (Lipinski definition) is 2. The van der Waals surface area contributed by atoms with Gasteiger partial charge in [-0.05, 0) is 40.5 Å². The molecule has 6 heteroatoms. The zero-order valence-electron chi connectivity index (χ0n) is 20.7. The number of rotatable bonds is 6. The summed E-state index contributed by atoms with van der Waals surface area (Å²) in [6, 6.07) is 29.9. The molecule has 1 heterocycles. The maximum atomic E-state index is 12.2. The first-order chi connectivity index (χ1) is 17.7. The van der Waals surface area contributed by atoms with Gasteiger partial charge in [0.2, 0.25) is 0 Å². The van der Waals surface area contributed by atoms with Crippen LogP contribution < -0.4 is 4.90 Å². The predicted octanol–water partition coefficient (Wildman–Crippen LogP) is 6.67. The van der Waals surface area contributed by atoms with Crippen LogP contribution >= 0.6 is 0 Å². The van der Waals surface area contributed by atoms with Crippen molar-refractivity contribution in [1.29, 1.82) is 0 Å². The van der Waals surface area contributed by atoms with Crippen LogP contribution in [0.25, 0.3) is 17.2 Å². The summed E-state index contributed by atoms with van der Waals surface area (Å²) in [5.41, 5.74) is 3.00. The lowest BCUT2D eigenvalue weighted by atomic mass is 9.77. The van der Waals surface area contributed by atoms with E-state index in [2.05, 4.69) is 12.1 Å². The molecule has 2 N–H and O–H groups in total. The maximum Gasteiger partial charge on any atom is 0.270 e. The van der Waals surface area contributed by atoms with E-state index in [-0.39, 0.29) is 18.0 Å². The molecule has 37 heavy (non-hydrogen) atoms. The van der Waals surface area contributed by atoms with Crippen LogP contribution in [0.1, 0.15) is 30.5 Å². The van der Waals surface area contributed by atoms with Crippen molar-refractivity contribution in [3.8, 4) is 16.9 Å². The van der Waals surface area contributed by atoms with Crippen LogP contribution in [0.4, 0.5) is 11.4 Å². The van der Waals surface area contributed by atoms with E-state index >= 15 is 0 Å². The monoisotopic (exact) mass is 492 g/mol. The lowest BCUT2D eigenvalue weighted by Crippen LogP contribution is -2.54. The molecular formula is C31H28N2O4. The van der Waals surface area contributed by atoms with Gasteiger partial charge < -0.3 is 15.1 Å². The molecule has 0 aromatic heterocycles. The van der Waals surface area contributed by atoms with Crippen molar-refractivity contribution in [2.45, 2.75) is 31.5 Å². The number of non-ortho nitro benzene ring substituents is 1. The number of para-hydroxylation sites is 1.